The fraction of sp³-hybridized carbons (Fsp3) is 0.278. The van der Waals surface area contributed by atoms with E-state index in [1.165, 1.54) is 0 Å². The number of carbonyl (C=O) groups is 1. The molecule has 0 radical (unpaired) electrons. The van der Waals surface area contributed by atoms with E-state index in [4.69, 9.17) is 4.74 Å². The number of benzene rings is 1. The molecule has 0 fully saturated rings. The lowest BCUT2D eigenvalue weighted by Crippen LogP contribution is -2.20. The predicted molar refractivity (Wildman–Crippen MR) is 95.7 cm³/mol. The fourth-order valence-electron chi connectivity index (χ4n) is 2.63. The fourth-order valence-corrected chi connectivity index (χ4v) is 3.42. The summed E-state index contributed by atoms with van der Waals surface area (Å²) in [7, 11) is 0. The second-order valence-electron chi connectivity index (χ2n) is 5.40. The first-order valence-electron chi connectivity index (χ1n) is 7.82. The minimum atomic E-state index is -0.578. The summed E-state index contributed by atoms with van der Waals surface area (Å²) in [5.41, 5.74) is 2.51. The van der Waals surface area contributed by atoms with E-state index in [1.54, 1.807) is 30.5 Å². The van der Waals surface area contributed by atoms with Gasteiger partial charge in [-0.2, -0.15) is 0 Å². The summed E-state index contributed by atoms with van der Waals surface area (Å²) in [6.45, 7) is 6.53. The third-order valence-corrected chi connectivity index (χ3v) is 4.79. The van der Waals surface area contributed by atoms with Gasteiger partial charge in [0.1, 0.15) is 10.6 Å². The number of esters is 1. The number of hydrogen-bond donors (Lipinski definition) is 0. The van der Waals surface area contributed by atoms with Crippen LogP contribution in [0.15, 0.2) is 34.6 Å². The molecule has 124 valence electrons. The quantitative estimate of drug-likeness (QED) is 0.679. The van der Waals surface area contributed by atoms with Crippen molar-refractivity contribution in [3.63, 3.8) is 0 Å². The molecule has 0 bridgehead atoms. The topological polar surface area (TPSA) is 61.2 Å². The summed E-state index contributed by atoms with van der Waals surface area (Å²) < 4.78 is 6.89. The van der Waals surface area contributed by atoms with E-state index < -0.39 is 5.97 Å². The van der Waals surface area contributed by atoms with E-state index in [0.717, 1.165) is 21.8 Å². The lowest BCUT2D eigenvalue weighted by atomic mass is 10.1. The molecule has 0 aliphatic carbocycles. The molecule has 3 rings (SSSR count). The van der Waals surface area contributed by atoms with Crippen LogP contribution in [0.3, 0.4) is 0 Å². The van der Waals surface area contributed by atoms with Crippen molar-refractivity contribution in [2.24, 2.45) is 0 Å². The Morgan fingerprint density at radius 1 is 1.33 bits per heavy atom. The van der Waals surface area contributed by atoms with Gasteiger partial charge < -0.3 is 9.30 Å². The maximum Gasteiger partial charge on any atom is 0.343 e. The zero-order valence-electron chi connectivity index (χ0n) is 13.8. The van der Waals surface area contributed by atoms with Gasteiger partial charge >= 0.3 is 5.97 Å². The van der Waals surface area contributed by atoms with Crippen molar-refractivity contribution >= 4 is 28.2 Å². The van der Waals surface area contributed by atoms with Crippen LogP contribution < -0.4 is 5.43 Å². The molecule has 0 atom stereocenters. The van der Waals surface area contributed by atoms with E-state index in [1.807, 2.05) is 35.9 Å². The Morgan fingerprint density at radius 3 is 2.75 bits per heavy atom. The Bertz CT molecular complexity index is 972. The standard InChI is InChI=1S/C18H18N2O3S/c1-4-20-9-14(18(22)23-5-2)16(21)13-7-6-12(8-15(13)20)17-19-11(3)10-24-17/h6-10H,4-5H2,1-3H3. The second kappa shape index (κ2) is 6.57. The SMILES string of the molecule is CCOC(=O)c1cn(CC)c2cc(-c3nc(C)cs3)ccc2c1=O. The van der Waals surface area contributed by atoms with Gasteiger partial charge in [0.2, 0.25) is 5.43 Å². The summed E-state index contributed by atoms with van der Waals surface area (Å²) in [4.78, 5) is 29.2. The Kier molecular flexibility index (Phi) is 4.49. The summed E-state index contributed by atoms with van der Waals surface area (Å²) in [6.07, 6.45) is 1.58. The van der Waals surface area contributed by atoms with Crippen molar-refractivity contribution in [1.82, 2.24) is 9.55 Å². The van der Waals surface area contributed by atoms with E-state index in [9.17, 15) is 9.59 Å². The number of aryl methyl sites for hydroxylation is 2. The Labute approximate surface area is 143 Å². The monoisotopic (exact) mass is 342 g/mol. The molecule has 2 heterocycles. The van der Waals surface area contributed by atoms with Crippen molar-refractivity contribution in [3.8, 4) is 10.6 Å². The van der Waals surface area contributed by atoms with Gasteiger partial charge in [-0.15, -0.1) is 11.3 Å². The first kappa shape index (κ1) is 16.4. The molecule has 2 aromatic heterocycles. The molecular formula is C18H18N2O3S. The molecule has 0 aliphatic heterocycles. The van der Waals surface area contributed by atoms with Crippen LogP contribution in [0.1, 0.15) is 29.9 Å². The van der Waals surface area contributed by atoms with E-state index in [2.05, 4.69) is 4.98 Å². The lowest BCUT2D eigenvalue weighted by molar-refractivity contribution is 0.0524. The molecule has 0 N–H and O–H groups in total. The van der Waals surface area contributed by atoms with Gasteiger partial charge in [0.25, 0.3) is 0 Å². The Balaban J connectivity index is 2.22. The van der Waals surface area contributed by atoms with Crippen LogP contribution in [-0.4, -0.2) is 22.1 Å². The van der Waals surface area contributed by atoms with Crippen LogP contribution in [0.25, 0.3) is 21.5 Å². The largest absolute Gasteiger partial charge is 0.462 e. The summed E-state index contributed by atoms with van der Waals surface area (Å²) >= 11 is 1.57. The van der Waals surface area contributed by atoms with E-state index >= 15 is 0 Å². The highest BCUT2D eigenvalue weighted by Crippen LogP contribution is 2.26. The van der Waals surface area contributed by atoms with Crippen molar-refractivity contribution in [2.75, 3.05) is 6.61 Å². The third-order valence-electron chi connectivity index (χ3n) is 3.78. The van der Waals surface area contributed by atoms with Crippen molar-refractivity contribution in [3.05, 3.63) is 51.3 Å². The summed E-state index contributed by atoms with van der Waals surface area (Å²) in [6, 6.07) is 5.59. The highest BCUT2D eigenvalue weighted by molar-refractivity contribution is 7.13. The lowest BCUT2D eigenvalue weighted by Gasteiger charge is -2.12. The normalized spacial score (nSPS) is 11.0. The van der Waals surface area contributed by atoms with Gasteiger partial charge in [-0.25, -0.2) is 9.78 Å². The summed E-state index contributed by atoms with van der Waals surface area (Å²) in [5.74, 6) is -0.578. The van der Waals surface area contributed by atoms with E-state index in [0.29, 0.717) is 11.9 Å². The van der Waals surface area contributed by atoms with Crippen molar-refractivity contribution < 1.29 is 9.53 Å². The number of carbonyl (C=O) groups excluding carboxylic acids is 1. The summed E-state index contributed by atoms with van der Waals surface area (Å²) in [5, 5.41) is 3.43. The maximum absolute atomic E-state index is 12.6. The molecule has 0 spiro atoms. The van der Waals surface area contributed by atoms with Crippen LogP contribution in [0.4, 0.5) is 0 Å². The maximum atomic E-state index is 12.6. The van der Waals surface area contributed by atoms with Gasteiger partial charge in [-0.3, -0.25) is 4.79 Å². The van der Waals surface area contributed by atoms with Crippen LogP contribution in [0.2, 0.25) is 0 Å². The molecule has 24 heavy (non-hydrogen) atoms. The average molecular weight is 342 g/mol. The number of thiazole rings is 1. The molecule has 5 nitrogen and oxygen atoms in total. The molecule has 0 saturated heterocycles. The minimum absolute atomic E-state index is 0.0732. The zero-order chi connectivity index (χ0) is 17.3. The number of pyridine rings is 1. The number of rotatable bonds is 4. The molecule has 3 aromatic rings. The molecule has 0 saturated carbocycles. The van der Waals surface area contributed by atoms with Crippen LogP contribution in [0.5, 0.6) is 0 Å². The molecule has 0 unspecified atom stereocenters. The van der Waals surface area contributed by atoms with Crippen molar-refractivity contribution in [1.29, 1.82) is 0 Å². The number of nitrogens with zero attached hydrogens (tertiary/aromatic N) is 2. The highest BCUT2D eigenvalue weighted by atomic mass is 32.1. The van der Waals surface area contributed by atoms with Crippen molar-refractivity contribution in [2.45, 2.75) is 27.3 Å². The Morgan fingerprint density at radius 2 is 2.12 bits per heavy atom. The first-order chi connectivity index (χ1) is 11.5. The van der Waals surface area contributed by atoms with Gasteiger partial charge in [0.15, 0.2) is 0 Å². The van der Waals surface area contributed by atoms with Crippen LogP contribution >= 0.6 is 11.3 Å². The smallest absolute Gasteiger partial charge is 0.343 e. The molecule has 0 amide bonds. The molecule has 1 aromatic carbocycles. The molecular weight excluding hydrogens is 324 g/mol. The minimum Gasteiger partial charge on any atom is -0.462 e. The highest BCUT2D eigenvalue weighted by Gasteiger charge is 2.17. The van der Waals surface area contributed by atoms with E-state index in [-0.39, 0.29) is 17.6 Å². The number of hydrogen-bond acceptors (Lipinski definition) is 5. The number of ether oxygens (including phenoxy) is 1. The second-order valence-corrected chi connectivity index (χ2v) is 6.26. The zero-order valence-corrected chi connectivity index (χ0v) is 14.6. The van der Waals surface area contributed by atoms with Crippen LogP contribution in [-0.2, 0) is 11.3 Å². The Hall–Kier alpha value is -2.47. The molecule has 6 heteroatoms. The van der Waals surface area contributed by atoms with Crippen LogP contribution in [0, 0.1) is 6.92 Å². The third kappa shape index (κ3) is 2.85. The molecule has 0 aliphatic rings. The van der Waals surface area contributed by atoms with Gasteiger partial charge in [-0.1, -0.05) is 6.07 Å². The predicted octanol–water partition coefficient (Wildman–Crippen LogP) is 3.63. The first-order valence-corrected chi connectivity index (χ1v) is 8.70. The van der Waals surface area contributed by atoms with Gasteiger partial charge in [0, 0.05) is 34.8 Å². The van der Waals surface area contributed by atoms with Gasteiger partial charge in [0.05, 0.1) is 12.1 Å². The average Bonchev–Trinajstić information content (AvgIpc) is 3.01. The van der Waals surface area contributed by atoms with Gasteiger partial charge in [-0.05, 0) is 32.9 Å². The number of fused-ring (bicyclic) bond motifs is 1. The number of aromatic nitrogens is 2.